The molecule has 0 heterocycles. The number of ether oxygens (including phenoxy) is 6. The quantitative estimate of drug-likeness (QED) is 0.0944. The summed E-state index contributed by atoms with van der Waals surface area (Å²) in [6.45, 7) is 9.90. The zero-order chi connectivity index (χ0) is 33.7. The van der Waals surface area contributed by atoms with Crippen molar-refractivity contribution in [2.24, 2.45) is 35.0 Å². The van der Waals surface area contributed by atoms with Crippen LogP contribution in [0.25, 0.3) is 0 Å². The molecular weight excluding hydrogens is 592 g/mol. The van der Waals surface area contributed by atoms with E-state index in [0.717, 1.165) is 57.1 Å². The van der Waals surface area contributed by atoms with E-state index in [1.54, 1.807) is 21.0 Å². The molecule has 3 saturated carbocycles. The highest BCUT2D eigenvalue weighted by atomic mass is 16.6. The van der Waals surface area contributed by atoms with Gasteiger partial charge in [-0.3, -0.25) is 19.2 Å². The first-order chi connectivity index (χ1) is 22.0. The molecule has 10 heteroatoms. The third kappa shape index (κ3) is 11.0. The highest BCUT2D eigenvalue weighted by Crippen LogP contribution is 2.44. The third-order valence-electron chi connectivity index (χ3n) is 9.70. The van der Waals surface area contributed by atoms with E-state index in [1.165, 1.54) is 5.57 Å². The van der Waals surface area contributed by atoms with Crippen molar-refractivity contribution in [1.82, 2.24) is 0 Å². The molecule has 7 atom stereocenters. The van der Waals surface area contributed by atoms with E-state index in [9.17, 15) is 19.2 Å². The predicted octanol–water partition coefficient (Wildman–Crippen LogP) is 6.33. The molecule has 10 nitrogen and oxygen atoms in total. The molecule has 0 bridgehead atoms. The molecule has 262 valence electrons. The lowest BCUT2D eigenvalue weighted by Gasteiger charge is -2.34. The number of methoxy groups -OCH3 is 1. The standard InChI is InChI=1S/C36H58O10/c1-7-19-42-35(40)36(5,23-46-34(39)30-16-12-11-15-29(30)32(37)44-21-25(4)41-6)22-45-33(38)28-14-10-9-13-27(28)31(26-17-18-26)43-20-24(3)8-2/h24-25,27-30H,7-23H2,1-6H3. The van der Waals surface area contributed by atoms with E-state index >= 15 is 0 Å². The lowest BCUT2D eigenvalue weighted by atomic mass is 9.77. The molecule has 0 aromatic rings. The Labute approximate surface area is 275 Å². The van der Waals surface area contributed by atoms with Crippen molar-refractivity contribution < 1.29 is 47.6 Å². The molecule has 7 unspecified atom stereocenters. The fourth-order valence-electron chi connectivity index (χ4n) is 6.13. The van der Waals surface area contributed by atoms with E-state index in [1.807, 2.05) is 6.92 Å². The fourth-order valence-corrected chi connectivity index (χ4v) is 6.13. The van der Waals surface area contributed by atoms with Crippen LogP contribution in [0.5, 0.6) is 0 Å². The highest BCUT2D eigenvalue weighted by molar-refractivity contribution is 5.83. The topological polar surface area (TPSA) is 124 Å². The van der Waals surface area contributed by atoms with Gasteiger partial charge in [0.25, 0.3) is 0 Å². The zero-order valence-electron chi connectivity index (χ0n) is 29.1. The van der Waals surface area contributed by atoms with Crippen molar-refractivity contribution in [2.75, 3.05) is 40.1 Å². The van der Waals surface area contributed by atoms with Gasteiger partial charge >= 0.3 is 23.9 Å². The largest absolute Gasteiger partial charge is 0.497 e. The Morgan fingerprint density at radius 1 is 0.717 bits per heavy atom. The van der Waals surface area contributed by atoms with Gasteiger partial charge in [-0.25, -0.2) is 0 Å². The van der Waals surface area contributed by atoms with Crippen LogP contribution in [-0.4, -0.2) is 70.1 Å². The third-order valence-corrected chi connectivity index (χ3v) is 9.70. The number of allylic oxidation sites excluding steroid dienone is 2. The fraction of sp³-hybridized carbons (Fsp3) is 0.833. The molecule has 0 amide bonds. The first-order valence-electron chi connectivity index (χ1n) is 17.6. The predicted molar refractivity (Wildman–Crippen MR) is 171 cm³/mol. The molecule has 0 aliphatic heterocycles. The van der Waals surface area contributed by atoms with E-state index < -0.39 is 35.2 Å². The minimum absolute atomic E-state index is 0.0335. The van der Waals surface area contributed by atoms with Gasteiger partial charge in [-0.15, -0.1) is 0 Å². The van der Waals surface area contributed by atoms with Crippen molar-refractivity contribution in [1.29, 1.82) is 0 Å². The van der Waals surface area contributed by atoms with Gasteiger partial charge in [0, 0.05) is 13.0 Å². The van der Waals surface area contributed by atoms with Crippen LogP contribution < -0.4 is 0 Å². The van der Waals surface area contributed by atoms with E-state index in [2.05, 4.69) is 13.8 Å². The van der Waals surface area contributed by atoms with Gasteiger partial charge in [0.1, 0.15) is 25.2 Å². The highest BCUT2D eigenvalue weighted by Gasteiger charge is 2.44. The van der Waals surface area contributed by atoms with Crippen LogP contribution in [0.2, 0.25) is 0 Å². The summed E-state index contributed by atoms with van der Waals surface area (Å²) in [5.41, 5.74) is -0.111. The Hall–Kier alpha value is -2.62. The number of hydrogen-bond donors (Lipinski definition) is 0. The van der Waals surface area contributed by atoms with Gasteiger partial charge in [-0.1, -0.05) is 52.9 Å². The lowest BCUT2D eigenvalue weighted by molar-refractivity contribution is -0.176. The molecule has 3 fully saturated rings. The number of esters is 4. The molecule has 3 rings (SSSR count). The zero-order valence-corrected chi connectivity index (χ0v) is 29.1. The Bertz CT molecular complexity index is 1050. The second-order valence-electron chi connectivity index (χ2n) is 13.9. The maximum atomic E-state index is 13.6. The normalized spacial score (nSPS) is 25.3. The van der Waals surface area contributed by atoms with Crippen LogP contribution in [-0.2, 0) is 47.6 Å². The lowest BCUT2D eigenvalue weighted by Crippen LogP contribution is -2.43. The van der Waals surface area contributed by atoms with Crippen LogP contribution in [0.4, 0.5) is 0 Å². The van der Waals surface area contributed by atoms with Crippen molar-refractivity contribution >= 4 is 23.9 Å². The molecule has 3 aliphatic carbocycles. The monoisotopic (exact) mass is 650 g/mol. The van der Waals surface area contributed by atoms with Gasteiger partial charge in [0.15, 0.2) is 0 Å². The Morgan fingerprint density at radius 2 is 1.22 bits per heavy atom. The van der Waals surface area contributed by atoms with Crippen LogP contribution >= 0.6 is 0 Å². The van der Waals surface area contributed by atoms with Crippen molar-refractivity contribution in [3.63, 3.8) is 0 Å². The molecule has 3 aliphatic rings. The summed E-state index contributed by atoms with van der Waals surface area (Å²) >= 11 is 0. The summed E-state index contributed by atoms with van der Waals surface area (Å²) in [5.74, 6) is -2.26. The van der Waals surface area contributed by atoms with Gasteiger partial charge in [0.2, 0.25) is 0 Å². The Balaban J connectivity index is 1.67. The van der Waals surface area contributed by atoms with E-state index in [4.69, 9.17) is 28.4 Å². The smallest absolute Gasteiger partial charge is 0.318 e. The average Bonchev–Trinajstić information content (AvgIpc) is 3.92. The van der Waals surface area contributed by atoms with Crippen molar-refractivity contribution in [2.45, 2.75) is 118 Å². The first-order valence-corrected chi connectivity index (χ1v) is 17.6. The number of rotatable bonds is 18. The van der Waals surface area contributed by atoms with Crippen molar-refractivity contribution in [3.8, 4) is 0 Å². The Kier molecular flexibility index (Phi) is 15.3. The molecule has 0 N–H and O–H groups in total. The first kappa shape index (κ1) is 37.8. The summed E-state index contributed by atoms with van der Waals surface area (Å²) in [7, 11) is 1.54. The van der Waals surface area contributed by atoms with Gasteiger partial charge < -0.3 is 28.4 Å². The number of hydrogen-bond acceptors (Lipinski definition) is 10. The minimum Gasteiger partial charge on any atom is -0.497 e. The molecule has 46 heavy (non-hydrogen) atoms. The molecule has 0 radical (unpaired) electrons. The summed E-state index contributed by atoms with van der Waals surface area (Å²) in [6.07, 6.45) is 9.51. The summed E-state index contributed by atoms with van der Waals surface area (Å²) < 4.78 is 34.0. The molecular formula is C36H58O10. The van der Waals surface area contributed by atoms with Crippen LogP contribution in [0, 0.1) is 35.0 Å². The van der Waals surface area contributed by atoms with Crippen LogP contribution in [0.3, 0.4) is 0 Å². The van der Waals surface area contributed by atoms with Gasteiger partial charge in [-0.2, -0.15) is 0 Å². The van der Waals surface area contributed by atoms with Crippen LogP contribution in [0.15, 0.2) is 11.3 Å². The van der Waals surface area contributed by atoms with Crippen molar-refractivity contribution in [3.05, 3.63) is 11.3 Å². The SMILES string of the molecule is CCCOC(=O)C(C)(COC(=O)C1CCCCC1C(=O)OCC(C)OC)COC(=O)C1CCCCC1C(OCC(C)CC)=C1CC1. The molecule has 0 aromatic carbocycles. The maximum absolute atomic E-state index is 13.6. The summed E-state index contributed by atoms with van der Waals surface area (Å²) in [6, 6.07) is 0. The van der Waals surface area contributed by atoms with E-state index in [0.29, 0.717) is 38.2 Å². The number of carbonyl (C=O) groups is 4. The maximum Gasteiger partial charge on any atom is 0.318 e. The number of carbonyl (C=O) groups excluding carboxylic acids is 4. The second kappa shape index (κ2) is 18.6. The second-order valence-corrected chi connectivity index (χ2v) is 13.9. The molecule has 0 saturated heterocycles. The molecule has 0 spiro atoms. The van der Waals surface area contributed by atoms with E-state index in [-0.39, 0.29) is 50.3 Å². The van der Waals surface area contributed by atoms with Crippen LogP contribution in [0.1, 0.15) is 112 Å². The summed E-state index contributed by atoms with van der Waals surface area (Å²) in [4.78, 5) is 53.2. The Morgan fingerprint density at radius 3 is 1.70 bits per heavy atom. The summed E-state index contributed by atoms with van der Waals surface area (Å²) in [5, 5.41) is 0. The van der Waals surface area contributed by atoms with Gasteiger partial charge in [0.05, 0.1) is 42.8 Å². The van der Waals surface area contributed by atoms with Gasteiger partial charge in [-0.05, 0) is 70.3 Å². The average molecular weight is 651 g/mol. The minimum atomic E-state index is -1.41. The molecule has 0 aromatic heterocycles.